The summed E-state index contributed by atoms with van der Waals surface area (Å²) in [6, 6.07) is 9.40. The molecule has 0 unspecified atom stereocenters. The fourth-order valence-corrected chi connectivity index (χ4v) is 2.30. The summed E-state index contributed by atoms with van der Waals surface area (Å²) in [6.07, 6.45) is 1.77. The second-order valence-corrected chi connectivity index (χ2v) is 5.43. The van der Waals surface area contributed by atoms with Gasteiger partial charge in [0, 0.05) is 21.7 Å². The molecule has 0 aliphatic heterocycles. The molecule has 1 heterocycles. The maximum absolute atomic E-state index is 11.0. The minimum absolute atomic E-state index is 0.278. The summed E-state index contributed by atoms with van der Waals surface area (Å²) in [6.45, 7) is 0.542. The Bertz CT molecular complexity index is 546. The van der Waals surface area contributed by atoms with E-state index < -0.39 is 5.97 Å². The van der Waals surface area contributed by atoms with E-state index in [1.807, 2.05) is 24.3 Å². The molecule has 2 rings (SSSR count). The average Bonchev–Trinajstić information content (AvgIpc) is 2.63. The van der Waals surface area contributed by atoms with Crippen molar-refractivity contribution in [1.82, 2.24) is 4.57 Å². The summed E-state index contributed by atoms with van der Waals surface area (Å²) < 4.78 is 3.48. The Morgan fingerprint density at radius 3 is 2.41 bits per heavy atom. The van der Waals surface area contributed by atoms with Crippen molar-refractivity contribution in [3.05, 3.63) is 56.7 Å². The molecular formula is C12H9Br2NO2. The fraction of sp³-hybridized carbons (Fsp3) is 0.0833. The zero-order chi connectivity index (χ0) is 12.4. The summed E-state index contributed by atoms with van der Waals surface area (Å²) in [5.41, 5.74) is 1.33. The smallest absolute Gasteiger partial charge is 0.352 e. The quantitative estimate of drug-likeness (QED) is 0.907. The van der Waals surface area contributed by atoms with Gasteiger partial charge in [0.15, 0.2) is 0 Å². The normalized spacial score (nSPS) is 10.5. The highest BCUT2D eigenvalue weighted by Crippen LogP contribution is 2.18. The highest BCUT2D eigenvalue weighted by atomic mass is 79.9. The second kappa shape index (κ2) is 5.06. The molecule has 5 heteroatoms. The van der Waals surface area contributed by atoms with Gasteiger partial charge in [-0.3, -0.25) is 0 Å². The third-order valence-electron chi connectivity index (χ3n) is 2.35. The molecule has 0 radical (unpaired) electrons. The number of halogens is 2. The molecule has 88 valence electrons. The van der Waals surface area contributed by atoms with Gasteiger partial charge in [0.2, 0.25) is 0 Å². The highest BCUT2D eigenvalue weighted by Gasteiger charge is 2.11. The van der Waals surface area contributed by atoms with Crippen LogP contribution in [0, 0.1) is 0 Å². The molecule has 0 aliphatic rings. The van der Waals surface area contributed by atoms with Gasteiger partial charge >= 0.3 is 5.97 Å². The van der Waals surface area contributed by atoms with Crippen LogP contribution in [0.1, 0.15) is 16.1 Å². The van der Waals surface area contributed by atoms with Crippen LogP contribution in [0.5, 0.6) is 0 Å². The third-order valence-corrected chi connectivity index (χ3v) is 3.31. The van der Waals surface area contributed by atoms with Crippen molar-refractivity contribution in [3.8, 4) is 0 Å². The molecule has 0 saturated carbocycles. The number of carboxylic acids is 1. The number of aromatic carboxylic acids is 1. The zero-order valence-corrected chi connectivity index (χ0v) is 11.9. The molecule has 1 N–H and O–H groups in total. The van der Waals surface area contributed by atoms with Gasteiger partial charge in [-0.1, -0.05) is 28.1 Å². The van der Waals surface area contributed by atoms with E-state index in [2.05, 4.69) is 31.9 Å². The first-order valence-corrected chi connectivity index (χ1v) is 6.48. The molecule has 0 atom stereocenters. The van der Waals surface area contributed by atoms with Gasteiger partial charge in [0.1, 0.15) is 5.69 Å². The Balaban J connectivity index is 2.29. The van der Waals surface area contributed by atoms with Crippen LogP contribution in [0.15, 0.2) is 45.5 Å². The molecule has 0 fully saturated rings. The molecule has 17 heavy (non-hydrogen) atoms. The average molecular weight is 359 g/mol. The van der Waals surface area contributed by atoms with Crippen LogP contribution < -0.4 is 0 Å². The molecule has 1 aromatic carbocycles. The number of carbonyl (C=O) groups is 1. The van der Waals surface area contributed by atoms with Crippen molar-refractivity contribution in [3.63, 3.8) is 0 Å². The molecule has 0 aliphatic carbocycles. The van der Waals surface area contributed by atoms with E-state index in [1.54, 1.807) is 16.8 Å². The van der Waals surface area contributed by atoms with Crippen LogP contribution in [-0.2, 0) is 6.54 Å². The van der Waals surface area contributed by atoms with Gasteiger partial charge in [-0.15, -0.1) is 0 Å². The zero-order valence-electron chi connectivity index (χ0n) is 8.73. The SMILES string of the molecule is O=C(O)c1cc(Br)cn1Cc1ccc(Br)cc1. The van der Waals surface area contributed by atoms with Gasteiger partial charge in [0.05, 0.1) is 0 Å². The molecule has 3 nitrogen and oxygen atoms in total. The largest absolute Gasteiger partial charge is 0.477 e. The molecular weight excluding hydrogens is 350 g/mol. The van der Waals surface area contributed by atoms with E-state index in [4.69, 9.17) is 5.11 Å². The Morgan fingerprint density at radius 1 is 1.18 bits per heavy atom. The number of hydrogen-bond acceptors (Lipinski definition) is 1. The first kappa shape index (κ1) is 12.4. The van der Waals surface area contributed by atoms with Crippen LogP contribution in [0.2, 0.25) is 0 Å². The Kier molecular flexibility index (Phi) is 3.69. The van der Waals surface area contributed by atoms with Crippen molar-refractivity contribution in [2.75, 3.05) is 0 Å². The molecule has 0 amide bonds. The number of nitrogens with zero attached hydrogens (tertiary/aromatic N) is 1. The summed E-state index contributed by atoms with van der Waals surface area (Å²) in [5.74, 6) is -0.923. The molecule has 0 spiro atoms. The van der Waals surface area contributed by atoms with E-state index in [0.29, 0.717) is 6.54 Å². The first-order chi connectivity index (χ1) is 8.06. The maximum atomic E-state index is 11.0. The van der Waals surface area contributed by atoms with Crippen molar-refractivity contribution >= 4 is 37.8 Å². The van der Waals surface area contributed by atoms with Crippen molar-refractivity contribution < 1.29 is 9.90 Å². The third kappa shape index (κ3) is 2.98. The van der Waals surface area contributed by atoms with Crippen molar-refractivity contribution in [1.29, 1.82) is 0 Å². The number of aromatic nitrogens is 1. The Hall–Kier alpha value is -1.07. The lowest BCUT2D eigenvalue weighted by molar-refractivity contribution is 0.0685. The molecule has 2 aromatic rings. The standard InChI is InChI=1S/C12H9Br2NO2/c13-9-3-1-8(2-4-9)6-15-7-10(14)5-11(15)12(16)17/h1-5,7H,6H2,(H,16,17). The molecule has 1 aromatic heterocycles. The van der Waals surface area contributed by atoms with Gasteiger partial charge in [-0.2, -0.15) is 0 Å². The number of carboxylic acid groups (broad SMARTS) is 1. The van der Waals surface area contributed by atoms with Crippen LogP contribution in [-0.4, -0.2) is 15.6 Å². The number of benzene rings is 1. The fourth-order valence-electron chi connectivity index (χ4n) is 1.57. The van der Waals surface area contributed by atoms with Gasteiger partial charge in [0.25, 0.3) is 0 Å². The van der Waals surface area contributed by atoms with Crippen LogP contribution in [0.25, 0.3) is 0 Å². The summed E-state index contributed by atoms with van der Waals surface area (Å²) >= 11 is 6.65. The lowest BCUT2D eigenvalue weighted by Crippen LogP contribution is -2.08. The van der Waals surface area contributed by atoms with Crippen molar-refractivity contribution in [2.24, 2.45) is 0 Å². The topological polar surface area (TPSA) is 42.2 Å². The van der Waals surface area contributed by atoms with Crippen LogP contribution in [0.4, 0.5) is 0 Å². The lowest BCUT2D eigenvalue weighted by atomic mass is 10.2. The van der Waals surface area contributed by atoms with Gasteiger partial charge in [-0.05, 0) is 39.7 Å². The number of rotatable bonds is 3. The van der Waals surface area contributed by atoms with Gasteiger partial charge < -0.3 is 9.67 Å². The van der Waals surface area contributed by atoms with E-state index in [-0.39, 0.29) is 5.69 Å². The summed E-state index contributed by atoms with van der Waals surface area (Å²) in [7, 11) is 0. The van der Waals surface area contributed by atoms with E-state index in [9.17, 15) is 4.79 Å². The van der Waals surface area contributed by atoms with E-state index in [0.717, 1.165) is 14.5 Å². The first-order valence-electron chi connectivity index (χ1n) is 4.89. The van der Waals surface area contributed by atoms with Gasteiger partial charge in [-0.25, -0.2) is 4.79 Å². The van der Waals surface area contributed by atoms with E-state index in [1.165, 1.54) is 0 Å². The predicted octanol–water partition coefficient (Wildman–Crippen LogP) is 3.76. The minimum atomic E-state index is -0.923. The Morgan fingerprint density at radius 2 is 1.82 bits per heavy atom. The summed E-state index contributed by atoms with van der Waals surface area (Å²) in [5, 5.41) is 9.05. The van der Waals surface area contributed by atoms with Crippen LogP contribution >= 0.6 is 31.9 Å². The van der Waals surface area contributed by atoms with Crippen molar-refractivity contribution in [2.45, 2.75) is 6.54 Å². The molecule has 0 saturated heterocycles. The summed E-state index contributed by atoms with van der Waals surface area (Å²) in [4.78, 5) is 11.0. The second-order valence-electron chi connectivity index (χ2n) is 3.60. The number of hydrogen-bond donors (Lipinski definition) is 1. The maximum Gasteiger partial charge on any atom is 0.352 e. The van der Waals surface area contributed by atoms with Crippen LogP contribution in [0.3, 0.4) is 0 Å². The molecule has 0 bridgehead atoms. The Labute approximate surface area is 115 Å². The predicted molar refractivity (Wildman–Crippen MR) is 72.3 cm³/mol. The van der Waals surface area contributed by atoms with E-state index >= 15 is 0 Å². The highest BCUT2D eigenvalue weighted by molar-refractivity contribution is 9.10. The monoisotopic (exact) mass is 357 g/mol. The minimum Gasteiger partial charge on any atom is -0.477 e. The lowest BCUT2D eigenvalue weighted by Gasteiger charge is -2.06.